The minimum Gasteiger partial charge on any atom is -0.339 e. The number of rotatable bonds is 4. The Morgan fingerprint density at radius 2 is 1.80 bits per heavy atom. The van der Waals surface area contributed by atoms with Crippen LogP contribution >= 0.6 is 11.6 Å². The first-order valence-electron chi connectivity index (χ1n) is 9.87. The molecule has 2 saturated heterocycles. The van der Waals surface area contributed by atoms with Crippen LogP contribution in [0.2, 0.25) is 5.02 Å². The Morgan fingerprint density at radius 3 is 2.40 bits per heavy atom. The number of nitrogens with zero attached hydrogens (tertiary/aromatic N) is 3. The van der Waals surface area contributed by atoms with E-state index in [0.29, 0.717) is 26.2 Å². The third-order valence-corrected chi connectivity index (χ3v) is 6.22. The van der Waals surface area contributed by atoms with Crippen LogP contribution in [-0.4, -0.2) is 71.2 Å². The van der Waals surface area contributed by atoms with Crippen LogP contribution < -0.4 is 5.32 Å². The number of carbonyl (C=O) groups is 4. The lowest BCUT2D eigenvalue weighted by atomic mass is 9.92. The van der Waals surface area contributed by atoms with Crippen molar-refractivity contribution < 1.29 is 23.6 Å². The van der Waals surface area contributed by atoms with E-state index in [9.17, 15) is 23.6 Å². The van der Waals surface area contributed by atoms with Gasteiger partial charge in [-0.1, -0.05) is 17.7 Å². The van der Waals surface area contributed by atoms with Gasteiger partial charge in [0.25, 0.3) is 5.91 Å². The Hall–Kier alpha value is -2.68. The highest BCUT2D eigenvalue weighted by atomic mass is 35.5. The lowest BCUT2D eigenvalue weighted by Crippen LogP contribution is -2.53. The summed E-state index contributed by atoms with van der Waals surface area (Å²) in [6.45, 7) is 2.69. The minimum absolute atomic E-state index is 0.00998. The van der Waals surface area contributed by atoms with E-state index in [0.717, 1.165) is 29.9 Å². The second-order valence-corrected chi connectivity index (χ2v) is 8.46. The van der Waals surface area contributed by atoms with Crippen LogP contribution in [0.25, 0.3) is 0 Å². The summed E-state index contributed by atoms with van der Waals surface area (Å²) >= 11 is 6.08. The molecule has 2 aliphatic heterocycles. The molecule has 5 amide bonds. The van der Waals surface area contributed by atoms with Crippen molar-refractivity contribution in [2.45, 2.75) is 25.3 Å². The molecular formula is C20H22ClFN4O4. The molecule has 1 atom stereocenters. The van der Waals surface area contributed by atoms with Crippen molar-refractivity contribution >= 4 is 35.4 Å². The van der Waals surface area contributed by atoms with Gasteiger partial charge in [-0.05, 0) is 31.9 Å². The van der Waals surface area contributed by atoms with Gasteiger partial charge in [0.1, 0.15) is 17.9 Å². The van der Waals surface area contributed by atoms with Gasteiger partial charge in [-0.2, -0.15) is 0 Å². The summed E-state index contributed by atoms with van der Waals surface area (Å²) in [6.07, 6.45) is 1.86. The molecule has 8 nitrogen and oxygen atoms in total. The Bertz CT molecular complexity index is 929. The normalized spacial score (nSPS) is 24.3. The van der Waals surface area contributed by atoms with Gasteiger partial charge < -0.3 is 15.1 Å². The molecule has 0 radical (unpaired) electrons. The number of carbonyl (C=O) groups excluding carboxylic acids is 4. The highest BCUT2D eigenvalue weighted by Gasteiger charge is 2.50. The first-order valence-corrected chi connectivity index (χ1v) is 10.2. The van der Waals surface area contributed by atoms with E-state index < -0.39 is 29.8 Å². The molecule has 1 aromatic carbocycles. The molecule has 0 aromatic heterocycles. The maximum absolute atomic E-state index is 13.4. The van der Waals surface area contributed by atoms with E-state index in [1.807, 2.05) is 0 Å². The summed E-state index contributed by atoms with van der Waals surface area (Å²) < 4.78 is 13.4. The van der Waals surface area contributed by atoms with Crippen molar-refractivity contribution in [1.82, 2.24) is 20.0 Å². The lowest BCUT2D eigenvalue weighted by molar-refractivity contribution is -0.142. The Morgan fingerprint density at radius 1 is 1.17 bits per heavy atom. The van der Waals surface area contributed by atoms with Gasteiger partial charge in [-0.25, -0.2) is 9.18 Å². The molecule has 1 aromatic rings. The first kappa shape index (κ1) is 20.6. The van der Waals surface area contributed by atoms with Crippen LogP contribution in [0.5, 0.6) is 0 Å². The Kier molecular flexibility index (Phi) is 5.17. The zero-order valence-electron chi connectivity index (χ0n) is 16.5. The minimum atomic E-state index is -1.49. The molecule has 10 heteroatoms. The van der Waals surface area contributed by atoms with E-state index in [-0.39, 0.29) is 28.3 Å². The number of halogens is 2. The van der Waals surface area contributed by atoms with E-state index >= 15 is 0 Å². The molecule has 4 rings (SSSR count). The van der Waals surface area contributed by atoms with Crippen molar-refractivity contribution in [1.29, 1.82) is 0 Å². The van der Waals surface area contributed by atoms with Gasteiger partial charge in [0, 0.05) is 42.7 Å². The molecule has 160 valence electrons. The molecule has 3 fully saturated rings. The van der Waals surface area contributed by atoms with Crippen LogP contribution in [0.4, 0.5) is 9.18 Å². The molecule has 1 unspecified atom stereocenters. The number of nitrogens with one attached hydrogen (secondary N) is 1. The summed E-state index contributed by atoms with van der Waals surface area (Å²) in [5.41, 5.74) is -1.23. The van der Waals surface area contributed by atoms with Gasteiger partial charge >= 0.3 is 6.03 Å². The zero-order valence-corrected chi connectivity index (χ0v) is 17.2. The van der Waals surface area contributed by atoms with Crippen LogP contribution in [-0.2, 0) is 19.9 Å². The maximum atomic E-state index is 13.4. The maximum Gasteiger partial charge on any atom is 0.325 e. The molecule has 1 aliphatic carbocycles. The molecule has 3 aliphatic rings. The van der Waals surface area contributed by atoms with Crippen LogP contribution in [0.1, 0.15) is 25.3 Å². The van der Waals surface area contributed by atoms with Crippen molar-refractivity contribution in [2.75, 3.05) is 32.7 Å². The molecule has 30 heavy (non-hydrogen) atoms. The topological polar surface area (TPSA) is 90.0 Å². The van der Waals surface area contributed by atoms with Gasteiger partial charge in [-0.15, -0.1) is 0 Å². The second-order valence-electron chi connectivity index (χ2n) is 8.05. The number of amides is 5. The largest absolute Gasteiger partial charge is 0.339 e. The van der Waals surface area contributed by atoms with E-state index in [1.165, 1.54) is 13.0 Å². The highest BCUT2D eigenvalue weighted by Crippen LogP contribution is 2.34. The van der Waals surface area contributed by atoms with E-state index in [2.05, 4.69) is 5.32 Å². The molecule has 1 N–H and O–H groups in total. The van der Waals surface area contributed by atoms with Gasteiger partial charge in [0.05, 0.1) is 0 Å². The SMILES string of the molecule is CC1(c2ccc(F)cc2Cl)NC(=O)N(CC(=O)N2CCN(C(=O)C3CC3)CC2)C1=O. The number of benzene rings is 1. The highest BCUT2D eigenvalue weighted by molar-refractivity contribution is 6.32. The third kappa shape index (κ3) is 3.62. The fourth-order valence-electron chi connectivity index (χ4n) is 3.92. The number of piperazine rings is 1. The summed E-state index contributed by atoms with van der Waals surface area (Å²) in [5, 5.41) is 2.57. The predicted octanol–water partition coefficient (Wildman–Crippen LogP) is 1.33. The summed E-state index contributed by atoms with van der Waals surface area (Å²) in [5.74, 6) is -1.28. The van der Waals surface area contributed by atoms with Crippen LogP contribution in [0, 0.1) is 11.7 Å². The fourth-order valence-corrected chi connectivity index (χ4v) is 4.27. The number of hydrogen-bond acceptors (Lipinski definition) is 4. The van der Waals surface area contributed by atoms with Crippen molar-refractivity contribution in [2.24, 2.45) is 5.92 Å². The van der Waals surface area contributed by atoms with Crippen LogP contribution in [0.15, 0.2) is 18.2 Å². The van der Waals surface area contributed by atoms with Gasteiger partial charge in [0.15, 0.2) is 0 Å². The lowest BCUT2D eigenvalue weighted by Gasteiger charge is -2.35. The Balaban J connectivity index is 1.41. The molecule has 0 spiro atoms. The molecular weight excluding hydrogens is 415 g/mol. The molecule has 0 bridgehead atoms. The van der Waals surface area contributed by atoms with E-state index in [1.54, 1.807) is 9.80 Å². The summed E-state index contributed by atoms with van der Waals surface area (Å²) in [7, 11) is 0. The number of imide groups is 1. The number of urea groups is 1. The van der Waals surface area contributed by atoms with E-state index in [4.69, 9.17) is 11.6 Å². The standard InChI is InChI=1S/C20H22ClFN4O4/c1-20(14-5-4-13(22)10-15(14)21)18(29)26(19(30)23-20)11-16(27)24-6-8-25(9-7-24)17(28)12-2-3-12/h4-5,10,12H,2-3,6-9,11H2,1H3,(H,23,30). The monoisotopic (exact) mass is 436 g/mol. The molecule has 1 saturated carbocycles. The van der Waals surface area contributed by atoms with Crippen LogP contribution in [0.3, 0.4) is 0 Å². The van der Waals surface area contributed by atoms with Crippen molar-refractivity contribution in [3.05, 3.63) is 34.6 Å². The van der Waals surface area contributed by atoms with Crippen molar-refractivity contribution in [3.8, 4) is 0 Å². The van der Waals surface area contributed by atoms with Gasteiger partial charge in [0.2, 0.25) is 11.8 Å². The van der Waals surface area contributed by atoms with Crippen molar-refractivity contribution in [3.63, 3.8) is 0 Å². The predicted molar refractivity (Wildman–Crippen MR) is 105 cm³/mol. The first-order chi connectivity index (χ1) is 14.2. The third-order valence-electron chi connectivity index (χ3n) is 5.91. The zero-order chi connectivity index (χ0) is 21.6. The smallest absolute Gasteiger partial charge is 0.325 e. The Labute approximate surface area is 177 Å². The second kappa shape index (κ2) is 7.54. The quantitative estimate of drug-likeness (QED) is 0.721. The average molecular weight is 437 g/mol. The summed E-state index contributed by atoms with van der Waals surface area (Å²) in [6, 6.07) is 2.86. The van der Waals surface area contributed by atoms with Gasteiger partial charge in [-0.3, -0.25) is 19.3 Å². The fraction of sp³-hybridized carbons (Fsp3) is 0.500. The average Bonchev–Trinajstić information content (AvgIpc) is 3.53. The number of hydrogen-bond donors (Lipinski definition) is 1. The molecule has 2 heterocycles. The summed E-state index contributed by atoms with van der Waals surface area (Å²) in [4.78, 5) is 54.4.